The van der Waals surface area contributed by atoms with Crippen molar-refractivity contribution in [3.8, 4) is 5.75 Å². The van der Waals surface area contributed by atoms with Gasteiger partial charge in [0.15, 0.2) is 28.9 Å². The highest BCUT2D eigenvalue weighted by molar-refractivity contribution is 7.75. The molecule has 2 aromatic carbocycles. The molecule has 0 radical (unpaired) electrons. The smallest absolute Gasteiger partial charge is 0.407 e. The summed E-state index contributed by atoms with van der Waals surface area (Å²) < 4.78 is 41.8. The monoisotopic (exact) mass is 474 g/mol. The first kappa shape index (κ1) is 22.7. The molecule has 4 rings (SSSR count). The zero-order valence-corrected chi connectivity index (χ0v) is 18.7. The second-order valence-electron chi connectivity index (χ2n) is 7.83. The summed E-state index contributed by atoms with van der Waals surface area (Å²) >= 11 is 0. The van der Waals surface area contributed by atoms with Crippen LogP contribution in [0.25, 0.3) is 0 Å². The van der Waals surface area contributed by atoms with E-state index in [-0.39, 0.29) is 29.1 Å². The number of hydrogen-bond acceptors (Lipinski definition) is 8. The lowest BCUT2D eigenvalue weighted by Gasteiger charge is -2.19. The van der Waals surface area contributed by atoms with Gasteiger partial charge in [-0.2, -0.15) is 8.42 Å². The number of aryl methyl sites for hydroxylation is 1. The first-order valence-electron chi connectivity index (χ1n) is 10.4. The molecule has 1 atom stereocenters. The molecule has 0 aliphatic carbocycles. The van der Waals surface area contributed by atoms with E-state index in [1.165, 1.54) is 17.7 Å². The van der Waals surface area contributed by atoms with Crippen molar-refractivity contribution in [3.05, 3.63) is 59.4 Å². The van der Waals surface area contributed by atoms with Crippen molar-refractivity contribution >= 4 is 32.8 Å². The number of oxime groups is 1. The van der Waals surface area contributed by atoms with E-state index in [2.05, 4.69) is 37.7 Å². The number of carbonyl (C=O) groups excluding carboxylic acids is 1. The van der Waals surface area contributed by atoms with Crippen molar-refractivity contribution in [2.75, 3.05) is 25.0 Å². The Morgan fingerprint density at radius 2 is 2.09 bits per heavy atom. The Morgan fingerprint density at radius 3 is 2.85 bits per heavy atom. The number of nitrogens with one attached hydrogen (secondary N) is 2. The Kier molecular flexibility index (Phi) is 6.90. The number of amides is 1. The van der Waals surface area contributed by atoms with E-state index >= 15 is 0 Å². The Balaban J connectivity index is 1.35. The van der Waals surface area contributed by atoms with Crippen molar-refractivity contribution < 1.29 is 27.2 Å². The molecule has 11 heteroatoms. The highest BCUT2D eigenvalue weighted by Gasteiger charge is 2.25. The Hall–Kier alpha value is -3.44. The van der Waals surface area contributed by atoms with Crippen molar-refractivity contribution in [3.63, 3.8) is 0 Å². The third-order valence-corrected chi connectivity index (χ3v) is 6.11. The molecule has 1 fully saturated rings. The molecule has 2 heterocycles. The Bertz CT molecular complexity index is 1210. The molecule has 1 saturated heterocycles. The first-order valence-corrected chi connectivity index (χ1v) is 11.4. The quantitative estimate of drug-likeness (QED) is 0.640. The second kappa shape index (κ2) is 10.0. The number of ether oxygens (including phenoxy) is 1. The van der Waals surface area contributed by atoms with Gasteiger partial charge in [-0.3, -0.25) is 10.2 Å². The summed E-state index contributed by atoms with van der Waals surface area (Å²) in [5, 5.41) is 8.96. The van der Waals surface area contributed by atoms with Crippen LogP contribution in [0.4, 0.5) is 14.9 Å². The standard InChI is InChI=1S/C22H23FN4O5S/c1-14-9-19(32-22(28)25-21-20(33(29)30)13-31-26-21)17(23)10-18(14)24-16-7-8-27(12-16)11-15-5-3-2-4-6-15/h2-6,9-10,16,24H,7-8,11-13H2,1H3,(H,25,26,28). The van der Waals surface area contributed by atoms with E-state index in [0.717, 1.165) is 26.1 Å². The predicted molar refractivity (Wildman–Crippen MR) is 121 cm³/mol. The molecule has 1 amide bonds. The number of hydrogen-bond donors (Lipinski definition) is 2. The lowest BCUT2D eigenvalue weighted by molar-refractivity contribution is 0.194. The summed E-state index contributed by atoms with van der Waals surface area (Å²) in [4.78, 5) is 18.8. The van der Waals surface area contributed by atoms with E-state index in [9.17, 15) is 17.6 Å². The molecule has 2 N–H and O–H groups in total. The summed E-state index contributed by atoms with van der Waals surface area (Å²) in [5.74, 6) is -1.29. The highest BCUT2D eigenvalue weighted by Crippen LogP contribution is 2.27. The van der Waals surface area contributed by atoms with Crippen molar-refractivity contribution in [2.24, 2.45) is 5.16 Å². The molecule has 1 unspecified atom stereocenters. The maximum absolute atomic E-state index is 14.6. The summed E-state index contributed by atoms with van der Waals surface area (Å²) in [5.41, 5.74) is 2.58. The zero-order chi connectivity index (χ0) is 23.4. The highest BCUT2D eigenvalue weighted by atomic mass is 32.2. The SMILES string of the molecule is Cc1cc(OC(=O)NC2=NOCC2=S(=O)=O)c(F)cc1NC1CCN(Cc2ccccc2)C1. The lowest BCUT2D eigenvalue weighted by atomic mass is 10.1. The van der Waals surface area contributed by atoms with Gasteiger partial charge in [0.05, 0.1) is 0 Å². The minimum atomic E-state index is -2.61. The number of anilines is 1. The van der Waals surface area contributed by atoms with Gasteiger partial charge in [0.2, 0.25) is 10.3 Å². The normalized spacial score (nSPS) is 17.9. The summed E-state index contributed by atoms with van der Waals surface area (Å²) in [6, 6.07) is 13.1. The van der Waals surface area contributed by atoms with Gasteiger partial charge in [-0.25, -0.2) is 9.18 Å². The molecule has 2 aromatic rings. The molecule has 0 aromatic heterocycles. The van der Waals surface area contributed by atoms with Gasteiger partial charge < -0.3 is 14.9 Å². The van der Waals surface area contributed by atoms with Crippen LogP contribution in [0.1, 0.15) is 17.5 Å². The van der Waals surface area contributed by atoms with Crippen molar-refractivity contribution in [1.82, 2.24) is 10.2 Å². The number of likely N-dealkylation sites (tertiary alicyclic amines) is 1. The largest absolute Gasteiger partial charge is 0.418 e. The van der Waals surface area contributed by atoms with Gasteiger partial charge in [0.25, 0.3) is 0 Å². The predicted octanol–water partition coefficient (Wildman–Crippen LogP) is 2.30. The van der Waals surface area contributed by atoms with E-state index in [1.54, 1.807) is 6.92 Å². The summed E-state index contributed by atoms with van der Waals surface area (Å²) in [6.45, 7) is 4.13. The molecule has 2 aliphatic rings. The molecular weight excluding hydrogens is 451 g/mol. The fourth-order valence-electron chi connectivity index (χ4n) is 3.76. The number of nitrogens with zero attached hydrogens (tertiary/aromatic N) is 2. The fourth-order valence-corrected chi connectivity index (χ4v) is 4.16. The molecule has 2 aliphatic heterocycles. The summed E-state index contributed by atoms with van der Waals surface area (Å²) in [6.07, 6.45) is -0.146. The third kappa shape index (κ3) is 5.68. The first-order chi connectivity index (χ1) is 15.9. The zero-order valence-electron chi connectivity index (χ0n) is 17.9. The van der Waals surface area contributed by atoms with Crippen LogP contribution in [0.3, 0.4) is 0 Å². The minimum Gasteiger partial charge on any atom is -0.407 e. The molecule has 33 heavy (non-hydrogen) atoms. The van der Waals surface area contributed by atoms with E-state index in [1.807, 2.05) is 18.2 Å². The van der Waals surface area contributed by atoms with Gasteiger partial charge >= 0.3 is 6.09 Å². The van der Waals surface area contributed by atoms with Gasteiger partial charge in [-0.05, 0) is 30.5 Å². The van der Waals surface area contributed by atoms with Gasteiger partial charge in [0, 0.05) is 37.4 Å². The minimum absolute atomic E-state index is 0.171. The van der Waals surface area contributed by atoms with Crippen LogP contribution in [-0.2, 0) is 21.7 Å². The van der Waals surface area contributed by atoms with Crippen molar-refractivity contribution in [1.29, 1.82) is 0 Å². The van der Waals surface area contributed by atoms with E-state index in [0.29, 0.717) is 11.3 Å². The summed E-state index contributed by atoms with van der Waals surface area (Å²) in [7, 11) is -2.61. The number of benzene rings is 2. The molecule has 0 bridgehead atoms. The molecule has 9 nitrogen and oxygen atoms in total. The molecule has 0 spiro atoms. The van der Waals surface area contributed by atoms with Crippen LogP contribution in [0, 0.1) is 12.7 Å². The second-order valence-corrected chi connectivity index (χ2v) is 8.80. The topological polar surface area (TPSA) is 109 Å². The molecule has 174 valence electrons. The van der Waals surface area contributed by atoms with Crippen LogP contribution < -0.4 is 15.4 Å². The van der Waals surface area contributed by atoms with Gasteiger partial charge in [0.1, 0.15) is 0 Å². The number of amidine groups is 1. The number of halogens is 1. The van der Waals surface area contributed by atoms with Gasteiger partial charge in [-0.15, -0.1) is 0 Å². The van der Waals surface area contributed by atoms with E-state index in [4.69, 9.17) is 4.74 Å². The van der Waals surface area contributed by atoms with Crippen LogP contribution in [0.5, 0.6) is 5.75 Å². The third-order valence-electron chi connectivity index (χ3n) is 5.40. The van der Waals surface area contributed by atoms with E-state index < -0.39 is 22.2 Å². The number of carbonyl (C=O) groups is 1. The fraction of sp³-hybridized carbons (Fsp3) is 0.318. The molecular formula is C22H23FN4O5S. The van der Waals surface area contributed by atoms with Crippen molar-refractivity contribution in [2.45, 2.75) is 25.9 Å². The average molecular weight is 475 g/mol. The maximum Gasteiger partial charge on any atom is 0.418 e. The lowest BCUT2D eigenvalue weighted by Crippen LogP contribution is -2.37. The maximum atomic E-state index is 14.6. The van der Waals surface area contributed by atoms with Crippen LogP contribution in [-0.4, -0.2) is 55.8 Å². The van der Waals surface area contributed by atoms with Crippen LogP contribution >= 0.6 is 0 Å². The Labute approximate surface area is 191 Å². The van der Waals surface area contributed by atoms with Crippen LogP contribution in [0.15, 0.2) is 47.6 Å². The number of rotatable bonds is 5. The van der Waals surface area contributed by atoms with Crippen LogP contribution in [0.2, 0.25) is 0 Å². The Morgan fingerprint density at radius 1 is 1.30 bits per heavy atom. The average Bonchev–Trinajstić information content (AvgIpc) is 3.42. The van der Waals surface area contributed by atoms with Gasteiger partial charge in [-0.1, -0.05) is 35.5 Å². The molecule has 0 saturated carbocycles.